The van der Waals surface area contributed by atoms with Crippen LogP contribution in [0.15, 0.2) is 170 Å². The van der Waals surface area contributed by atoms with Gasteiger partial charge in [0.15, 0.2) is 0 Å². The van der Waals surface area contributed by atoms with Crippen molar-refractivity contribution in [1.82, 2.24) is 19.1 Å². The summed E-state index contributed by atoms with van der Waals surface area (Å²) in [5, 5.41) is 5.76. The molecular formula is C53H34N4O. The number of hydrogen-bond acceptors (Lipinski definition) is 3. The van der Waals surface area contributed by atoms with Crippen molar-refractivity contribution in [2.45, 2.75) is 19.3 Å². The summed E-state index contributed by atoms with van der Waals surface area (Å²) in [5.74, 6) is 2.23. The highest BCUT2D eigenvalue weighted by atomic mass is 16.5. The van der Waals surface area contributed by atoms with E-state index in [1.807, 2.05) is 30.3 Å². The molecule has 5 nitrogen and oxygen atoms in total. The fourth-order valence-corrected chi connectivity index (χ4v) is 10.0. The maximum absolute atomic E-state index is 6.30. The van der Waals surface area contributed by atoms with Crippen molar-refractivity contribution in [1.29, 1.82) is 0 Å². The van der Waals surface area contributed by atoms with Gasteiger partial charge in [-0.2, -0.15) is 0 Å². The standard InChI is InChI=1S/C53H34N4O/c1-53(2)41-18-9-6-15-34(41)37-29-40-39-28-32(23-25-45(39)56(47(40)30-42(37)53)33-13-4-3-5-14-33)31-24-26-46-38(27-31)35-16-7-10-20-44(35)57(46)52-54-43-19-12-22-49-50(43)51(55-52)36-17-8-11-21-48(36)58-49/h3-30H,1-2H3. The number of para-hydroxylation sites is 3. The zero-order valence-electron chi connectivity index (χ0n) is 31.9. The zero-order chi connectivity index (χ0) is 38.3. The summed E-state index contributed by atoms with van der Waals surface area (Å²) in [7, 11) is 0. The van der Waals surface area contributed by atoms with Gasteiger partial charge in [0.1, 0.15) is 11.5 Å². The lowest BCUT2D eigenvalue weighted by atomic mass is 9.82. The Morgan fingerprint density at radius 3 is 1.95 bits per heavy atom. The molecule has 272 valence electrons. The van der Waals surface area contributed by atoms with Crippen molar-refractivity contribution in [2.24, 2.45) is 0 Å². The van der Waals surface area contributed by atoms with Gasteiger partial charge in [-0.05, 0) is 112 Å². The molecule has 0 bridgehead atoms. The molecule has 0 amide bonds. The Hall–Kier alpha value is -7.50. The Kier molecular flexibility index (Phi) is 6.17. The van der Waals surface area contributed by atoms with E-state index in [1.54, 1.807) is 0 Å². The fraction of sp³-hybridized carbons (Fsp3) is 0.0566. The van der Waals surface area contributed by atoms with Gasteiger partial charge in [-0.25, -0.2) is 9.97 Å². The SMILES string of the molecule is CC1(C)c2ccccc2-c2cc3c4cc(-c5ccc6c(c5)c5ccccc5n6-c5nc6c7c(cccc7n5)Oc5ccccc5-6)ccc4n(-c4ccccc4)c3cc21. The number of hydrogen-bond donors (Lipinski definition) is 0. The molecule has 0 saturated carbocycles. The summed E-state index contributed by atoms with van der Waals surface area (Å²) < 4.78 is 11.0. The van der Waals surface area contributed by atoms with Crippen LogP contribution >= 0.6 is 0 Å². The molecule has 3 aromatic heterocycles. The first-order valence-electron chi connectivity index (χ1n) is 19.9. The summed E-state index contributed by atoms with van der Waals surface area (Å²) in [5.41, 5.74) is 16.1. The van der Waals surface area contributed by atoms with Crippen LogP contribution in [0.2, 0.25) is 0 Å². The van der Waals surface area contributed by atoms with Gasteiger partial charge in [0, 0.05) is 38.2 Å². The molecule has 0 radical (unpaired) electrons. The van der Waals surface area contributed by atoms with E-state index in [1.165, 1.54) is 49.6 Å². The van der Waals surface area contributed by atoms with E-state index in [0.29, 0.717) is 5.95 Å². The van der Waals surface area contributed by atoms with Gasteiger partial charge in [-0.15, -0.1) is 0 Å². The minimum absolute atomic E-state index is 0.0887. The van der Waals surface area contributed by atoms with E-state index >= 15 is 0 Å². The Balaban J connectivity index is 1.02. The van der Waals surface area contributed by atoms with Crippen LogP contribution in [-0.2, 0) is 5.41 Å². The second kappa shape index (κ2) is 11.3. The van der Waals surface area contributed by atoms with Crippen LogP contribution in [0.25, 0.3) is 99.7 Å². The van der Waals surface area contributed by atoms with E-state index < -0.39 is 0 Å². The summed E-state index contributed by atoms with van der Waals surface area (Å²) in [6.07, 6.45) is 0. The minimum Gasteiger partial charge on any atom is -0.456 e. The number of fused-ring (bicyclic) bond motifs is 11. The molecular weight excluding hydrogens is 709 g/mol. The average molecular weight is 743 g/mol. The average Bonchev–Trinajstić information content (AvgIpc) is 3.85. The van der Waals surface area contributed by atoms with Gasteiger partial charge in [0.05, 0.1) is 38.7 Å². The van der Waals surface area contributed by atoms with Crippen molar-refractivity contribution in [2.75, 3.05) is 0 Å². The van der Waals surface area contributed by atoms with Crippen LogP contribution in [0, 0.1) is 0 Å². The third-order valence-electron chi connectivity index (χ3n) is 12.7. The normalized spacial score (nSPS) is 13.6. The number of rotatable bonds is 3. The molecule has 1 aliphatic heterocycles. The summed E-state index contributed by atoms with van der Waals surface area (Å²) in [4.78, 5) is 10.5. The van der Waals surface area contributed by atoms with Gasteiger partial charge in [0.25, 0.3) is 0 Å². The molecule has 13 rings (SSSR count). The predicted octanol–water partition coefficient (Wildman–Crippen LogP) is 13.6. The largest absolute Gasteiger partial charge is 0.456 e. The van der Waals surface area contributed by atoms with Crippen molar-refractivity contribution in [3.63, 3.8) is 0 Å². The second-order valence-electron chi connectivity index (χ2n) is 16.2. The highest BCUT2D eigenvalue weighted by Crippen LogP contribution is 2.51. The second-order valence-corrected chi connectivity index (χ2v) is 16.2. The van der Waals surface area contributed by atoms with E-state index in [9.17, 15) is 0 Å². The fourth-order valence-electron chi connectivity index (χ4n) is 10.0. The van der Waals surface area contributed by atoms with E-state index in [-0.39, 0.29) is 5.41 Å². The Morgan fingerprint density at radius 2 is 1.10 bits per heavy atom. The molecule has 1 aliphatic carbocycles. The lowest BCUT2D eigenvalue weighted by molar-refractivity contribution is 0.486. The smallest absolute Gasteiger partial charge is 0.235 e. The van der Waals surface area contributed by atoms with Crippen molar-refractivity contribution >= 4 is 54.5 Å². The van der Waals surface area contributed by atoms with Crippen molar-refractivity contribution in [3.8, 4) is 56.6 Å². The lowest BCUT2D eigenvalue weighted by Gasteiger charge is -2.21. The van der Waals surface area contributed by atoms with Gasteiger partial charge in [0.2, 0.25) is 5.95 Å². The van der Waals surface area contributed by atoms with Crippen molar-refractivity contribution in [3.05, 3.63) is 181 Å². The summed E-state index contributed by atoms with van der Waals surface area (Å²) >= 11 is 0. The van der Waals surface area contributed by atoms with Gasteiger partial charge in [-0.3, -0.25) is 4.57 Å². The molecule has 0 spiro atoms. The van der Waals surface area contributed by atoms with E-state index in [0.717, 1.165) is 66.7 Å². The highest BCUT2D eigenvalue weighted by Gasteiger charge is 2.36. The maximum atomic E-state index is 6.30. The van der Waals surface area contributed by atoms with Gasteiger partial charge in [-0.1, -0.05) is 105 Å². The third kappa shape index (κ3) is 4.20. The summed E-state index contributed by atoms with van der Waals surface area (Å²) in [6.45, 7) is 4.72. The molecule has 0 fully saturated rings. The molecule has 0 atom stereocenters. The molecule has 8 aromatic carbocycles. The van der Waals surface area contributed by atoms with Crippen LogP contribution in [-0.4, -0.2) is 19.1 Å². The van der Waals surface area contributed by atoms with Crippen LogP contribution in [0.4, 0.5) is 0 Å². The summed E-state index contributed by atoms with van der Waals surface area (Å²) in [6, 6.07) is 61.2. The van der Waals surface area contributed by atoms with Crippen LogP contribution in [0.5, 0.6) is 11.5 Å². The van der Waals surface area contributed by atoms with Crippen molar-refractivity contribution < 1.29 is 4.74 Å². The molecule has 5 heteroatoms. The third-order valence-corrected chi connectivity index (χ3v) is 12.7. The van der Waals surface area contributed by atoms with Crippen LogP contribution in [0.3, 0.4) is 0 Å². The first-order valence-corrected chi connectivity index (χ1v) is 19.9. The number of aromatic nitrogens is 4. The van der Waals surface area contributed by atoms with E-state index in [4.69, 9.17) is 14.7 Å². The minimum atomic E-state index is -0.0887. The van der Waals surface area contributed by atoms with E-state index in [2.05, 4.69) is 163 Å². The zero-order valence-corrected chi connectivity index (χ0v) is 31.9. The number of ether oxygens (including phenoxy) is 1. The Morgan fingerprint density at radius 1 is 0.448 bits per heavy atom. The first-order chi connectivity index (χ1) is 28.5. The molecule has 2 aliphatic rings. The highest BCUT2D eigenvalue weighted by molar-refractivity contribution is 6.14. The molecule has 0 N–H and O–H groups in total. The molecule has 4 heterocycles. The van der Waals surface area contributed by atoms with Gasteiger partial charge < -0.3 is 9.30 Å². The van der Waals surface area contributed by atoms with Crippen LogP contribution in [0.1, 0.15) is 25.0 Å². The van der Waals surface area contributed by atoms with Crippen LogP contribution < -0.4 is 4.74 Å². The number of benzene rings is 8. The molecule has 0 saturated heterocycles. The topological polar surface area (TPSA) is 44.9 Å². The van der Waals surface area contributed by atoms with Gasteiger partial charge >= 0.3 is 0 Å². The molecule has 58 heavy (non-hydrogen) atoms. The quantitative estimate of drug-likeness (QED) is 0.181. The first kappa shape index (κ1) is 31.7. The maximum Gasteiger partial charge on any atom is 0.235 e. The Labute approximate surface area is 334 Å². The predicted molar refractivity (Wildman–Crippen MR) is 237 cm³/mol. The number of nitrogens with zero attached hydrogens (tertiary/aromatic N) is 4. The monoisotopic (exact) mass is 742 g/mol. The lowest BCUT2D eigenvalue weighted by Crippen LogP contribution is -2.14. The Bertz CT molecular complexity index is 3570. The molecule has 0 unspecified atom stereocenters. The molecule has 11 aromatic rings.